The van der Waals surface area contributed by atoms with Crippen molar-refractivity contribution in [3.05, 3.63) is 77.0 Å². The lowest BCUT2D eigenvalue weighted by atomic mass is 9.85. The van der Waals surface area contributed by atoms with Crippen LogP contribution in [0.5, 0.6) is 0 Å². The van der Waals surface area contributed by atoms with Gasteiger partial charge in [-0.2, -0.15) is 0 Å². The van der Waals surface area contributed by atoms with Gasteiger partial charge in [-0.1, -0.05) is 12.1 Å². The molecule has 1 aromatic heterocycles. The second kappa shape index (κ2) is 4.26. The van der Waals surface area contributed by atoms with Crippen molar-refractivity contribution >= 4 is 18.8 Å². The summed E-state index contributed by atoms with van der Waals surface area (Å²) in [6.07, 6.45) is 5.97. The molecule has 0 saturated heterocycles. The van der Waals surface area contributed by atoms with Gasteiger partial charge in [-0.15, -0.1) is 0 Å². The van der Waals surface area contributed by atoms with Gasteiger partial charge in [-0.25, -0.2) is 4.39 Å². The molecule has 0 radical (unpaired) electrons. The number of benzene rings is 1. The zero-order chi connectivity index (χ0) is 15.5. The first kappa shape index (κ1) is 13.2. The Morgan fingerprint density at radius 2 is 1.95 bits per heavy atom. The van der Waals surface area contributed by atoms with E-state index in [-0.39, 0.29) is 5.82 Å². The van der Waals surface area contributed by atoms with Crippen molar-refractivity contribution in [3.8, 4) is 0 Å². The molecule has 2 aliphatic heterocycles. The Hall–Kier alpha value is -2.50. The Bertz CT molecular complexity index is 891. The van der Waals surface area contributed by atoms with Crippen molar-refractivity contribution in [1.29, 1.82) is 0 Å². The molecule has 4 rings (SSSR count). The van der Waals surface area contributed by atoms with Gasteiger partial charge in [0.1, 0.15) is 12.0 Å². The van der Waals surface area contributed by atoms with Gasteiger partial charge in [0.2, 0.25) is 0 Å². The summed E-state index contributed by atoms with van der Waals surface area (Å²) in [6, 6.07) is 7.97. The average Bonchev–Trinajstić information content (AvgIpc) is 3.13. The van der Waals surface area contributed by atoms with Crippen LogP contribution in [0.2, 0.25) is 0 Å². The molecule has 0 fully saturated rings. The number of aromatic nitrogens is 1. The summed E-state index contributed by atoms with van der Waals surface area (Å²) in [7, 11) is 0. The molecule has 0 bridgehead atoms. The SMILES string of the molecule is Cc1c(F)cccc1C1=C2C=CC=[N+]2[B-](F)(F)n2cccc21. The average molecular weight is 300 g/mol. The third-order valence-corrected chi connectivity index (χ3v) is 4.28. The topological polar surface area (TPSA) is 7.94 Å². The number of allylic oxidation sites excluding steroid dienone is 2. The van der Waals surface area contributed by atoms with Crippen molar-refractivity contribution in [2.75, 3.05) is 0 Å². The van der Waals surface area contributed by atoms with Crippen LogP contribution in [0, 0.1) is 12.7 Å². The molecule has 0 aliphatic carbocycles. The number of hydrogen-bond donors (Lipinski definition) is 0. The summed E-state index contributed by atoms with van der Waals surface area (Å²) in [4.78, 5) is 0. The summed E-state index contributed by atoms with van der Waals surface area (Å²) in [5.41, 5.74) is 2.52. The van der Waals surface area contributed by atoms with E-state index in [9.17, 15) is 13.0 Å². The fraction of sp³-hybridized carbons (Fsp3) is 0.0625. The third-order valence-electron chi connectivity index (χ3n) is 4.28. The van der Waals surface area contributed by atoms with Crippen molar-refractivity contribution in [2.24, 2.45) is 0 Å². The van der Waals surface area contributed by atoms with E-state index >= 15 is 0 Å². The predicted octanol–water partition coefficient (Wildman–Crippen LogP) is 3.58. The highest BCUT2D eigenvalue weighted by Crippen LogP contribution is 2.39. The lowest BCUT2D eigenvalue weighted by molar-refractivity contribution is -0.356. The normalized spacial score (nSPS) is 18.3. The molecule has 0 unspecified atom stereocenters. The number of fused-ring (bicyclic) bond motifs is 2. The number of nitrogens with zero attached hydrogens (tertiary/aromatic N) is 2. The number of halogens is 3. The largest absolute Gasteiger partial charge is 0.737 e. The smallest absolute Gasteiger partial charge is 0.396 e. The van der Waals surface area contributed by atoms with Gasteiger partial charge in [0.05, 0.1) is 5.57 Å². The minimum Gasteiger partial charge on any atom is -0.396 e. The summed E-state index contributed by atoms with van der Waals surface area (Å²) in [6.45, 7) is -2.25. The van der Waals surface area contributed by atoms with Crippen LogP contribution in [0.15, 0.2) is 54.4 Å². The van der Waals surface area contributed by atoms with Crippen LogP contribution in [0.4, 0.5) is 13.0 Å². The van der Waals surface area contributed by atoms with Crippen molar-refractivity contribution in [1.82, 2.24) is 4.48 Å². The zero-order valence-electron chi connectivity index (χ0n) is 11.8. The molecule has 0 N–H and O–H groups in total. The molecule has 3 heterocycles. The van der Waals surface area contributed by atoms with E-state index in [1.54, 1.807) is 43.3 Å². The van der Waals surface area contributed by atoms with Gasteiger partial charge in [-0.05, 0) is 42.4 Å². The molecule has 0 amide bonds. The summed E-state index contributed by atoms with van der Waals surface area (Å²) >= 11 is 0. The van der Waals surface area contributed by atoms with Crippen LogP contribution in [0.25, 0.3) is 5.57 Å². The lowest BCUT2D eigenvalue weighted by Crippen LogP contribution is -2.49. The van der Waals surface area contributed by atoms with Crippen LogP contribution in [0.3, 0.4) is 0 Å². The lowest BCUT2D eigenvalue weighted by Gasteiger charge is -2.31. The van der Waals surface area contributed by atoms with E-state index in [1.165, 1.54) is 18.5 Å². The van der Waals surface area contributed by atoms with Crippen LogP contribution in [-0.2, 0) is 0 Å². The first-order valence-corrected chi connectivity index (χ1v) is 7.01. The van der Waals surface area contributed by atoms with Gasteiger partial charge in [0.25, 0.3) is 0 Å². The Labute approximate surface area is 125 Å². The summed E-state index contributed by atoms with van der Waals surface area (Å²) in [5.74, 6) is -0.343. The highest BCUT2D eigenvalue weighted by molar-refractivity contribution is 6.57. The highest BCUT2D eigenvalue weighted by Gasteiger charge is 2.51. The maximum atomic E-state index is 14.6. The molecule has 2 aromatic rings. The second-order valence-corrected chi connectivity index (χ2v) is 5.48. The van der Waals surface area contributed by atoms with Crippen LogP contribution in [-0.4, -0.2) is 22.1 Å². The maximum absolute atomic E-state index is 14.6. The Morgan fingerprint density at radius 1 is 1.14 bits per heavy atom. The van der Waals surface area contributed by atoms with Crippen LogP contribution in [0.1, 0.15) is 16.8 Å². The van der Waals surface area contributed by atoms with Crippen LogP contribution >= 0.6 is 0 Å². The zero-order valence-corrected chi connectivity index (χ0v) is 11.8. The van der Waals surface area contributed by atoms with Gasteiger partial charge in [0, 0.05) is 17.8 Å². The number of rotatable bonds is 1. The molecule has 2 aliphatic rings. The first-order chi connectivity index (χ1) is 10.5. The molecule has 0 atom stereocenters. The second-order valence-electron chi connectivity index (χ2n) is 5.48. The summed E-state index contributed by atoms with van der Waals surface area (Å²) < 4.78 is 45.1. The summed E-state index contributed by atoms with van der Waals surface area (Å²) in [5, 5.41) is 0. The molecule has 0 saturated carbocycles. The fourth-order valence-corrected chi connectivity index (χ4v) is 3.17. The Balaban J connectivity index is 2.09. The molecular weight excluding hydrogens is 288 g/mol. The Morgan fingerprint density at radius 3 is 2.77 bits per heavy atom. The predicted molar refractivity (Wildman–Crippen MR) is 80.4 cm³/mol. The standard InChI is InChI=1S/C16H12BF3N2/c1-11-12(5-2-6-13(11)18)16-14-7-3-9-21(14)17(19,20)22-10-4-8-15(16)22/h2-10H,1H3. The molecular formula is C16H12BF3N2. The maximum Gasteiger partial charge on any atom is 0.737 e. The monoisotopic (exact) mass is 300 g/mol. The van der Waals surface area contributed by atoms with Gasteiger partial charge in [-0.3, -0.25) is 0 Å². The van der Waals surface area contributed by atoms with E-state index in [2.05, 4.69) is 0 Å². The van der Waals surface area contributed by atoms with E-state index < -0.39 is 6.97 Å². The molecule has 0 spiro atoms. The minimum atomic E-state index is -3.91. The minimum absolute atomic E-state index is 0.343. The highest BCUT2D eigenvalue weighted by atomic mass is 19.2. The van der Waals surface area contributed by atoms with Crippen molar-refractivity contribution in [2.45, 2.75) is 6.92 Å². The van der Waals surface area contributed by atoms with E-state index in [4.69, 9.17) is 0 Å². The van der Waals surface area contributed by atoms with Crippen LogP contribution < -0.4 is 0 Å². The van der Waals surface area contributed by atoms with Crippen molar-refractivity contribution in [3.63, 3.8) is 0 Å². The first-order valence-electron chi connectivity index (χ1n) is 7.01. The van der Waals surface area contributed by atoms with Gasteiger partial charge < -0.3 is 17.6 Å². The Kier molecular flexibility index (Phi) is 2.55. The molecule has 6 heteroatoms. The third kappa shape index (κ3) is 1.55. The van der Waals surface area contributed by atoms with E-state index in [0.29, 0.717) is 28.1 Å². The molecule has 1 aromatic carbocycles. The number of hydrogen-bond acceptors (Lipinski definition) is 0. The molecule has 22 heavy (non-hydrogen) atoms. The quantitative estimate of drug-likeness (QED) is 0.711. The molecule has 110 valence electrons. The van der Waals surface area contributed by atoms with E-state index in [1.807, 2.05) is 0 Å². The fourth-order valence-electron chi connectivity index (χ4n) is 3.17. The molecule has 2 nitrogen and oxygen atoms in total. The van der Waals surface area contributed by atoms with Crippen molar-refractivity contribution < 1.29 is 17.5 Å². The van der Waals surface area contributed by atoms with E-state index in [0.717, 1.165) is 8.96 Å². The van der Waals surface area contributed by atoms with Gasteiger partial charge >= 0.3 is 6.97 Å². The van der Waals surface area contributed by atoms with Gasteiger partial charge in [0.15, 0.2) is 5.70 Å².